The first-order valence-electron chi connectivity index (χ1n) is 3.55. The van der Waals surface area contributed by atoms with Crippen LogP contribution in [0.5, 0.6) is 0 Å². The average Bonchev–Trinajstić information content (AvgIpc) is 2.03. The molecule has 0 spiro atoms. The summed E-state index contributed by atoms with van der Waals surface area (Å²) in [6.07, 6.45) is 8.31. The van der Waals surface area contributed by atoms with Gasteiger partial charge in [-0.2, -0.15) is 0 Å². The van der Waals surface area contributed by atoms with E-state index in [4.69, 9.17) is 0 Å². The van der Waals surface area contributed by atoms with Crippen molar-refractivity contribution in [1.82, 2.24) is 10.6 Å². The number of dihydropyridines is 1. The summed E-state index contributed by atoms with van der Waals surface area (Å²) in [5.41, 5.74) is 3.74. The molecule has 3 nitrogen and oxygen atoms in total. The van der Waals surface area contributed by atoms with Crippen LogP contribution in [0.4, 0.5) is 0 Å². The first kappa shape index (κ1) is 7.31. The Morgan fingerprint density at radius 2 is 2.40 bits per heavy atom. The van der Waals surface area contributed by atoms with E-state index in [9.17, 15) is 0 Å². The molecule has 1 aliphatic rings. The van der Waals surface area contributed by atoms with Gasteiger partial charge >= 0.3 is 0 Å². The molecule has 0 radical (unpaired) electrons. The maximum Gasteiger partial charge on any atom is 0.0961 e. The van der Waals surface area contributed by atoms with Crippen molar-refractivity contribution in [1.29, 1.82) is 0 Å². The van der Waals surface area contributed by atoms with Gasteiger partial charge in [-0.3, -0.25) is 5.32 Å². The van der Waals surface area contributed by atoms with E-state index >= 15 is 0 Å². The number of allylic oxidation sites excluding steroid dienone is 2. The number of rotatable bonds is 3. The number of nitrogens with one attached hydrogen (secondary N) is 2. The fourth-order valence-electron chi connectivity index (χ4n) is 0.830. The van der Waals surface area contributed by atoms with Crippen molar-refractivity contribution in [3.8, 4) is 0 Å². The molecule has 10 heavy (non-hydrogen) atoms. The second kappa shape index (κ2) is 4.09. The smallest absolute Gasteiger partial charge is 0.0961 e. The Bertz CT molecular complexity index is 140. The molecule has 0 fully saturated rings. The van der Waals surface area contributed by atoms with Gasteiger partial charge in [0.15, 0.2) is 0 Å². The molecule has 5 N–H and O–H groups in total. The quantitative estimate of drug-likeness (QED) is 0.462. The molecule has 0 aliphatic carbocycles. The van der Waals surface area contributed by atoms with Crippen molar-refractivity contribution in [2.24, 2.45) is 0 Å². The summed E-state index contributed by atoms with van der Waals surface area (Å²) in [5, 5.41) is 6.41. The Kier molecular flexibility index (Phi) is 2.99. The molecule has 1 atom stereocenters. The van der Waals surface area contributed by atoms with Gasteiger partial charge in [-0.05, 0) is 18.4 Å². The van der Waals surface area contributed by atoms with Crippen LogP contribution in [0.15, 0.2) is 24.4 Å². The van der Waals surface area contributed by atoms with Gasteiger partial charge in [-0.25, -0.2) is 0 Å². The van der Waals surface area contributed by atoms with Crippen LogP contribution in [0.3, 0.4) is 0 Å². The maximum absolute atomic E-state index is 3.74. The average molecular weight is 140 g/mol. The van der Waals surface area contributed by atoms with Gasteiger partial charge in [0.25, 0.3) is 0 Å². The molecule has 0 aromatic rings. The van der Waals surface area contributed by atoms with Gasteiger partial charge in [-0.1, -0.05) is 6.08 Å². The minimum Gasteiger partial charge on any atom is -0.372 e. The fraction of sp³-hybridized carbons (Fsp3) is 0.429. The topological polar surface area (TPSA) is 51.7 Å². The van der Waals surface area contributed by atoms with Crippen molar-refractivity contribution in [2.45, 2.75) is 6.17 Å². The summed E-state index contributed by atoms with van der Waals surface area (Å²) >= 11 is 0. The third-order valence-electron chi connectivity index (χ3n) is 1.33. The predicted molar refractivity (Wildman–Crippen MR) is 41.0 cm³/mol. The Hall–Kier alpha value is -0.800. The zero-order valence-electron chi connectivity index (χ0n) is 6.01. The van der Waals surface area contributed by atoms with Crippen LogP contribution in [0.1, 0.15) is 0 Å². The van der Waals surface area contributed by atoms with E-state index in [0.29, 0.717) is 6.17 Å². The van der Waals surface area contributed by atoms with Crippen LogP contribution in [-0.2, 0) is 0 Å². The first-order chi connectivity index (χ1) is 4.93. The normalized spacial score (nSPS) is 22.7. The minimum atomic E-state index is 0.298. The van der Waals surface area contributed by atoms with Crippen LogP contribution in [-0.4, -0.2) is 19.3 Å². The van der Waals surface area contributed by atoms with E-state index in [0.717, 1.165) is 13.1 Å². The standard InChI is InChI=1S/C7H13N3/c8-4-6-10-7-3-1-2-5-9-7/h1-3,5,7,9-10H,4,6,8H2/p+1. The van der Waals surface area contributed by atoms with Gasteiger partial charge in [0.1, 0.15) is 0 Å². The van der Waals surface area contributed by atoms with Crippen LogP contribution < -0.4 is 16.4 Å². The highest BCUT2D eigenvalue weighted by atomic mass is 15.1. The Morgan fingerprint density at radius 3 is 3.00 bits per heavy atom. The van der Waals surface area contributed by atoms with E-state index in [-0.39, 0.29) is 0 Å². The zero-order chi connectivity index (χ0) is 7.23. The summed E-state index contributed by atoms with van der Waals surface area (Å²) in [6.45, 7) is 1.88. The van der Waals surface area contributed by atoms with Crippen molar-refractivity contribution in [3.63, 3.8) is 0 Å². The molecule has 0 saturated heterocycles. The number of quaternary nitrogens is 1. The molecule has 1 heterocycles. The molecule has 1 rings (SSSR count). The second-order valence-electron chi connectivity index (χ2n) is 2.20. The molecule has 3 heteroatoms. The molecule has 0 aromatic heterocycles. The van der Waals surface area contributed by atoms with Crippen LogP contribution in [0, 0.1) is 0 Å². The first-order valence-corrected chi connectivity index (χ1v) is 3.55. The Morgan fingerprint density at radius 1 is 1.50 bits per heavy atom. The summed E-state index contributed by atoms with van der Waals surface area (Å²) in [7, 11) is 0. The van der Waals surface area contributed by atoms with Crippen LogP contribution in [0.25, 0.3) is 0 Å². The van der Waals surface area contributed by atoms with Crippen molar-refractivity contribution in [2.75, 3.05) is 13.1 Å². The molecule has 0 aromatic carbocycles. The Balaban J connectivity index is 2.17. The molecule has 1 aliphatic heterocycles. The van der Waals surface area contributed by atoms with Crippen molar-refractivity contribution < 1.29 is 5.73 Å². The molecular weight excluding hydrogens is 126 g/mol. The van der Waals surface area contributed by atoms with E-state index in [1.165, 1.54) is 0 Å². The van der Waals surface area contributed by atoms with Gasteiger partial charge in [0, 0.05) is 6.54 Å². The molecular formula is C7H14N3+. The van der Waals surface area contributed by atoms with E-state index < -0.39 is 0 Å². The minimum absolute atomic E-state index is 0.298. The van der Waals surface area contributed by atoms with Gasteiger partial charge in [0.2, 0.25) is 0 Å². The molecule has 0 saturated carbocycles. The SMILES string of the molecule is [NH3+]CCNC1C=CC=CN1. The summed E-state index contributed by atoms with van der Waals surface area (Å²) in [4.78, 5) is 0. The van der Waals surface area contributed by atoms with Gasteiger partial charge < -0.3 is 11.1 Å². The highest BCUT2D eigenvalue weighted by Gasteiger charge is 1.99. The van der Waals surface area contributed by atoms with Crippen LogP contribution in [0.2, 0.25) is 0 Å². The van der Waals surface area contributed by atoms with Gasteiger partial charge in [-0.15, -0.1) is 0 Å². The Labute approximate surface area is 61.0 Å². The lowest BCUT2D eigenvalue weighted by Gasteiger charge is -2.15. The molecule has 1 unspecified atom stereocenters. The number of hydrogen-bond acceptors (Lipinski definition) is 2. The summed E-state index contributed by atoms with van der Waals surface area (Å²) in [5.74, 6) is 0. The monoisotopic (exact) mass is 140 g/mol. The maximum atomic E-state index is 3.74. The largest absolute Gasteiger partial charge is 0.372 e. The lowest BCUT2D eigenvalue weighted by Crippen LogP contribution is -2.56. The lowest BCUT2D eigenvalue weighted by atomic mass is 10.3. The summed E-state index contributed by atoms with van der Waals surface area (Å²) in [6, 6.07) is 0. The van der Waals surface area contributed by atoms with E-state index in [1.807, 2.05) is 18.4 Å². The van der Waals surface area contributed by atoms with E-state index in [1.54, 1.807) is 0 Å². The van der Waals surface area contributed by atoms with Crippen molar-refractivity contribution >= 4 is 0 Å². The molecule has 0 bridgehead atoms. The predicted octanol–water partition coefficient (Wildman–Crippen LogP) is -1.18. The van der Waals surface area contributed by atoms with Gasteiger partial charge in [0.05, 0.1) is 12.7 Å². The third-order valence-corrected chi connectivity index (χ3v) is 1.33. The third kappa shape index (κ3) is 2.21. The lowest BCUT2D eigenvalue weighted by molar-refractivity contribution is -0.365. The highest BCUT2D eigenvalue weighted by molar-refractivity contribution is 5.11. The zero-order valence-corrected chi connectivity index (χ0v) is 6.01. The molecule has 56 valence electrons. The fourth-order valence-corrected chi connectivity index (χ4v) is 0.830. The van der Waals surface area contributed by atoms with E-state index in [2.05, 4.69) is 22.4 Å². The number of hydrogen-bond donors (Lipinski definition) is 3. The van der Waals surface area contributed by atoms with Crippen molar-refractivity contribution in [3.05, 3.63) is 24.4 Å². The second-order valence-corrected chi connectivity index (χ2v) is 2.20. The summed E-state index contributed by atoms with van der Waals surface area (Å²) < 4.78 is 0. The van der Waals surface area contributed by atoms with Crippen LogP contribution >= 0.6 is 0 Å². The molecule has 0 amide bonds. The highest BCUT2D eigenvalue weighted by Crippen LogP contribution is 1.88.